The van der Waals surface area contributed by atoms with Crippen LogP contribution in [0.25, 0.3) is 0 Å². The average Bonchev–Trinajstić information content (AvgIpc) is 2.79. The van der Waals surface area contributed by atoms with Gasteiger partial charge in [0.25, 0.3) is 0 Å². The first kappa shape index (κ1) is 15.3. The van der Waals surface area contributed by atoms with Crippen molar-refractivity contribution in [2.45, 2.75) is 44.6 Å². The molecule has 0 aromatic rings. The lowest BCUT2D eigenvalue weighted by molar-refractivity contribution is -0.144. The number of carboxylic acid groups (broad SMARTS) is 1. The maximum atomic E-state index is 11.6. The monoisotopic (exact) mass is 271 g/mol. The second-order valence-corrected chi connectivity index (χ2v) is 4.68. The van der Waals surface area contributed by atoms with E-state index in [9.17, 15) is 19.5 Å². The van der Waals surface area contributed by atoms with Crippen molar-refractivity contribution >= 4 is 17.9 Å². The molecule has 0 aromatic carbocycles. The molecule has 1 aliphatic rings. The fourth-order valence-corrected chi connectivity index (χ4v) is 2.21. The number of nitrogens with one attached hydrogen (secondary N) is 3. The largest absolute Gasteiger partial charge is 0.480 e. The quantitative estimate of drug-likeness (QED) is 0.554. The summed E-state index contributed by atoms with van der Waals surface area (Å²) >= 11 is 0. The summed E-state index contributed by atoms with van der Waals surface area (Å²) in [4.78, 5) is 34.0. The van der Waals surface area contributed by atoms with Crippen molar-refractivity contribution in [2.75, 3.05) is 13.1 Å². The first-order valence-electron chi connectivity index (χ1n) is 6.56. The van der Waals surface area contributed by atoms with E-state index in [1.165, 1.54) is 0 Å². The molecule has 1 fully saturated rings. The van der Waals surface area contributed by atoms with Gasteiger partial charge in [-0.1, -0.05) is 12.8 Å². The van der Waals surface area contributed by atoms with Crippen molar-refractivity contribution in [3.8, 4) is 0 Å². The zero-order chi connectivity index (χ0) is 14.3. The van der Waals surface area contributed by atoms with Crippen molar-refractivity contribution in [3.05, 3.63) is 0 Å². The highest BCUT2D eigenvalue weighted by Gasteiger charge is 2.42. The summed E-state index contributed by atoms with van der Waals surface area (Å²) in [6, 6.07) is -0.534. The van der Waals surface area contributed by atoms with Crippen LogP contribution in [0.3, 0.4) is 0 Å². The molecule has 0 unspecified atom stereocenters. The predicted molar refractivity (Wildman–Crippen MR) is 68.7 cm³/mol. The summed E-state index contributed by atoms with van der Waals surface area (Å²) < 4.78 is 0. The van der Waals surface area contributed by atoms with Crippen molar-refractivity contribution in [1.82, 2.24) is 16.0 Å². The van der Waals surface area contributed by atoms with Gasteiger partial charge in [0.1, 0.15) is 5.54 Å². The Morgan fingerprint density at radius 1 is 1.16 bits per heavy atom. The normalized spacial score (nSPS) is 16.7. The maximum absolute atomic E-state index is 11.6. The number of urea groups is 1. The van der Waals surface area contributed by atoms with E-state index in [4.69, 9.17) is 0 Å². The lowest BCUT2D eigenvalue weighted by Gasteiger charge is -2.25. The van der Waals surface area contributed by atoms with Gasteiger partial charge in [0, 0.05) is 19.5 Å². The number of carbonyl (C=O) groups excluding carboxylic acids is 2. The number of carbonyl (C=O) groups is 3. The smallest absolute Gasteiger partial charge is 0.329 e. The highest BCUT2D eigenvalue weighted by molar-refractivity contribution is 5.86. The van der Waals surface area contributed by atoms with Gasteiger partial charge in [0.2, 0.25) is 5.91 Å². The molecule has 4 N–H and O–H groups in total. The van der Waals surface area contributed by atoms with E-state index < -0.39 is 17.5 Å². The standard InChI is InChI=1S/C12H21N3O4/c1-2-13-9(16)5-8-14-11(19)15-12(10(17)18)6-3-4-7-12/h2-8H2,1H3,(H,13,16)(H,17,18)(H2,14,15,19). The number of rotatable bonds is 6. The van der Waals surface area contributed by atoms with Gasteiger partial charge in [-0.15, -0.1) is 0 Å². The Kier molecular flexibility index (Phi) is 5.59. The molecule has 0 aliphatic heterocycles. The van der Waals surface area contributed by atoms with E-state index in [1.54, 1.807) is 0 Å². The van der Waals surface area contributed by atoms with Crippen molar-refractivity contribution < 1.29 is 19.5 Å². The van der Waals surface area contributed by atoms with Crippen molar-refractivity contribution in [3.63, 3.8) is 0 Å². The third-order valence-corrected chi connectivity index (χ3v) is 3.23. The summed E-state index contributed by atoms with van der Waals surface area (Å²) in [5.74, 6) is -1.14. The molecule has 3 amide bonds. The molecule has 1 rings (SSSR count). The minimum absolute atomic E-state index is 0.142. The third kappa shape index (κ3) is 4.42. The van der Waals surface area contributed by atoms with Crippen LogP contribution >= 0.6 is 0 Å². The highest BCUT2D eigenvalue weighted by atomic mass is 16.4. The molecular formula is C12H21N3O4. The van der Waals surface area contributed by atoms with Crippen LogP contribution in [0.5, 0.6) is 0 Å². The molecule has 108 valence electrons. The van der Waals surface area contributed by atoms with Gasteiger partial charge in [-0.05, 0) is 19.8 Å². The molecule has 0 aromatic heterocycles. The third-order valence-electron chi connectivity index (χ3n) is 3.23. The van der Waals surface area contributed by atoms with Crippen LogP contribution in [0.1, 0.15) is 39.0 Å². The molecule has 0 atom stereocenters. The first-order chi connectivity index (χ1) is 9.00. The Balaban J connectivity index is 2.34. The lowest BCUT2D eigenvalue weighted by Crippen LogP contribution is -2.55. The molecular weight excluding hydrogens is 250 g/mol. The maximum Gasteiger partial charge on any atom is 0.329 e. The summed E-state index contributed by atoms with van der Waals surface area (Å²) in [5, 5.41) is 16.8. The Hall–Kier alpha value is -1.79. The zero-order valence-corrected chi connectivity index (χ0v) is 11.1. The number of amides is 3. The van der Waals surface area contributed by atoms with E-state index in [0.717, 1.165) is 12.8 Å². The molecule has 0 radical (unpaired) electrons. The average molecular weight is 271 g/mol. The van der Waals surface area contributed by atoms with E-state index in [1.807, 2.05) is 6.92 Å². The number of aliphatic carboxylic acids is 1. The minimum Gasteiger partial charge on any atom is -0.480 e. The Bertz CT molecular complexity index is 351. The van der Waals surface area contributed by atoms with E-state index in [-0.39, 0.29) is 18.9 Å². The van der Waals surface area contributed by atoms with Crippen LogP contribution < -0.4 is 16.0 Å². The van der Waals surface area contributed by atoms with Crippen LogP contribution in [0, 0.1) is 0 Å². The van der Waals surface area contributed by atoms with Crippen LogP contribution in [0.15, 0.2) is 0 Å². The fourth-order valence-electron chi connectivity index (χ4n) is 2.21. The molecule has 0 saturated heterocycles. The van der Waals surface area contributed by atoms with Gasteiger partial charge in [-0.2, -0.15) is 0 Å². The molecule has 1 saturated carbocycles. The summed E-state index contributed by atoms with van der Waals surface area (Å²) in [6.07, 6.45) is 2.68. The SMILES string of the molecule is CCNC(=O)CCNC(=O)NC1(C(=O)O)CCCC1. The summed E-state index contributed by atoms with van der Waals surface area (Å²) in [7, 11) is 0. The molecule has 19 heavy (non-hydrogen) atoms. The molecule has 0 spiro atoms. The van der Waals surface area contributed by atoms with Crippen LogP contribution in [0.4, 0.5) is 4.79 Å². The fraction of sp³-hybridized carbons (Fsp3) is 0.750. The van der Waals surface area contributed by atoms with Crippen LogP contribution in [-0.2, 0) is 9.59 Å². The molecule has 0 bridgehead atoms. The highest BCUT2D eigenvalue weighted by Crippen LogP contribution is 2.29. The van der Waals surface area contributed by atoms with Gasteiger partial charge in [0.15, 0.2) is 0 Å². The molecule has 7 heteroatoms. The first-order valence-corrected chi connectivity index (χ1v) is 6.56. The molecule has 0 heterocycles. The van der Waals surface area contributed by atoms with E-state index in [2.05, 4.69) is 16.0 Å². The lowest BCUT2D eigenvalue weighted by atomic mass is 9.98. The summed E-state index contributed by atoms with van der Waals surface area (Å²) in [5.41, 5.74) is -1.14. The van der Waals surface area contributed by atoms with Gasteiger partial charge < -0.3 is 21.1 Å². The van der Waals surface area contributed by atoms with Crippen molar-refractivity contribution in [1.29, 1.82) is 0 Å². The number of hydrogen-bond donors (Lipinski definition) is 4. The topological polar surface area (TPSA) is 108 Å². The Morgan fingerprint density at radius 2 is 1.79 bits per heavy atom. The van der Waals surface area contributed by atoms with Gasteiger partial charge in [0.05, 0.1) is 0 Å². The second kappa shape index (κ2) is 6.96. The van der Waals surface area contributed by atoms with Crippen molar-refractivity contribution in [2.24, 2.45) is 0 Å². The molecule has 1 aliphatic carbocycles. The zero-order valence-electron chi connectivity index (χ0n) is 11.1. The van der Waals surface area contributed by atoms with Gasteiger partial charge >= 0.3 is 12.0 Å². The van der Waals surface area contributed by atoms with Gasteiger partial charge in [-0.25, -0.2) is 9.59 Å². The number of carboxylic acids is 1. The molecule has 7 nitrogen and oxygen atoms in total. The number of hydrogen-bond acceptors (Lipinski definition) is 3. The van der Waals surface area contributed by atoms with Gasteiger partial charge in [-0.3, -0.25) is 4.79 Å². The summed E-state index contributed by atoms with van der Waals surface area (Å²) in [6.45, 7) is 2.55. The second-order valence-electron chi connectivity index (χ2n) is 4.68. The Labute approximate surface area is 112 Å². The minimum atomic E-state index is -1.14. The predicted octanol–water partition coefficient (Wildman–Crippen LogP) is 0.209. The van der Waals surface area contributed by atoms with E-state index in [0.29, 0.717) is 19.4 Å². The Morgan fingerprint density at radius 3 is 2.32 bits per heavy atom. The van der Waals surface area contributed by atoms with E-state index >= 15 is 0 Å². The van der Waals surface area contributed by atoms with Crippen LogP contribution in [0.2, 0.25) is 0 Å². The van der Waals surface area contributed by atoms with Crippen LogP contribution in [-0.4, -0.2) is 41.6 Å².